The minimum Gasteiger partial charge on any atom is -0.370 e. The molecular formula is C32H55FN10O2. The second-order valence-corrected chi connectivity index (χ2v) is 13.5. The van der Waals surface area contributed by atoms with Gasteiger partial charge >= 0.3 is 6.03 Å². The number of aliphatic imine (C=N–C) groups is 1. The van der Waals surface area contributed by atoms with Crippen molar-refractivity contribution in [2.24, 2.45) is 22.2 Å². The maximum absolute atomic E-state index is 13.3. The van der Waals surface area contributed by atoms with Crippen molar-refractivity contribution in [1.29, 1.82) is 0 Å². The molecule has 1 saturated heterocycles. The number of H-pyrrole nitrogens is 1. The Morgan fingerprint density at radius 1 is 1.18 bits per heavy atom. The zero-order valence-electron chi connectivity index (χ0n) is 27.9. The molecule has 2 heterocycles. The number of carbonyl (C=O) groups excluding carboxylic acids is 1. The zero-order valence-corrected chi connectivity index (χ0v) is 27.9. The predicted octanol–water partition coefficient (Wildman–Crippen LogP) is 2.33. The Morgan fingerprint density at radius 3 is 2.44 bits per heavy atom. The maximum atomic E-state index is 13.3. The topological polar surface area (TPSA) is 193 Å². The maximum Gasteiger partial charge on any atom is 0.315 e. The van der Waals surface area contributed by atoms with Crippen LogP contribution in [-0.2, 0) is 12.0 Å². The number of amides is 2. The zero-order chi connectivity index (χ0) is 33.6. The van der Waals surface area contributed by atoms with Gasteiger partial charge in [-0.3, -0.25) is 14.7 Å². The van der Waals surface area contributed by atoms with Gasteiger partial charge in [-0.05, 0) is 64.3 Å². The van der Waals surface area contributed by atoms with Crippen molar-refractivity contribution in [3.8, 4) is 11.1 Å². The molecule has 1 aromatic heterocycles. The van der Waals surface area contributed by atoms with E-state index in [0.29, 0.717) is 31.0 Å². The van der Waals surface area contributed by atoms with Crippen LogP contribution in [0.2, 0.25) is 0 Å². The van der Waals surface area contributed by atoms with Gasteiger partial charge in [-0.2, -0.15) is 0 Å². The molecule has 1 aromatic carbocycles. The van der Waals surface area contributed by atoms with Crippen LogP contribution in [0, 0.1) is 0 Å². The highest BCUT2D eigenvalue weighted by Gasteiger charge is 2.24. The third-order valence-electron chi connectivity index (χ3n) is 6.95. The number of nitrogens with zero attached hydrogens (tertiary/aromatic N) is 3. The molecule has 1 unspecified atom stereocenters. The summed E-state index contributed by atoms with van der Waals surface area (Å²) in [6.07, 6.45) is 3.45. The molecule has 3 rings (SSSR count). The van der Waals surface area contributed by atoms with Crippen molar-refractivity contribution >= 4 is 12.0 Å². The van der Waals surface area contributed by atoms with Crippen molar-refractivity contribution < 1.29 is 9.18 Å². The third-order valence-corrected chi connectivity index (χ3v) is 6.95. The van der Waals surface area contributed by atoms with Crippen molar-refractivity contribution in [3.05, 3.63) is 52.2 Å². The van der Waals surface area contributed by atoms with Crippen LogP contribution < -0.4 is 38.7 Å². The highest BCUT2D eigenvalue weighted by atomic mass is 19.1. The average Bonchev–Trinajstić information content (AvgIpc) is 2.94. The summed E-state index contributed by atoms with van der Waals surface area (Å²) in [7, 11) is 0. The number of hydrogen-bond acceptors (Lipinski definition) is 7. The fourth-order valence-electron chi connectivity index (χ4n) is 4.68. The number of guanidine groups is 1. The van der Waals surface area contributed by atoms with Crippen LogP contribution in [0.3, 0.4) is 0 Å². The van der Waals surface area contributed by atoms with Gasteiger partial charge in [-0.1, -0.05) is 45.0 Å². The first-order chi connectivity index (χ1) is 21.1. The normalized spacial score (nSPS) is 16.2. The summed E-state index contributed by atoms with van der Waals surface area (Å²) in [6.45, 7) is 16.0. The number of aromatic amines is 1. The Morgan fingerprint density at radius 2 is 1.87 bits per heavy atom. The summed E-state index contributed by atoms with van der Waals surface area (Å²) in [6, 6.07) is 7.83. The minimum atomic E-state index is -0.984. The van der Waals surface area contributed by atoms with Crippen LogP contribution in [0.4, 0.5) is 9.18 Å². The highest BCUT2D eigenvalue weighted by Crippen LogP contribution is 2.19. The molecule has 12 nitrogen and oxygen atoms in total. The molecule has 0 saturated carbocycles. The van der Waals surface area contributed by atoms with Gasteiger partial charge < -0.3 is 38.1 Å². The van der Waals surface area contributed by atoms with E-state index in [9.17, 15) is 14.0 Å². The lowest BCUT2D eigenvalue weighted by Crippen LogP contribution is -2.54. The van der Waals surface area contributed by atoms with E-state index in [1.54, 1.807) is 6.20 Å². The monoisotopic (exact) mass is 630 g/mol. The number of likely N-dealkylation sites (tertiary alicyclic amines) is 1. The van der Waals surface area contributed by atoms with Gasteiger partial charge in [-0.25, -0.2) is 14.2 Å². The van der Waals surface area contributed by atoms with E-state index in [1.807, 2.05) is 70.7 Å². The van der Waals surface area contributed by atoms with Crippen LogP contribution in [0.1, 0.15) is 72.2 Å². The Bertz CT molecular complexity index is 1260. The number of urea groups is 1. The van der Waals surface area contributed by atoms with E-state index >= 15 is 0 Å². The summed E-state index contributed by atoms with van der Waals surface area (Å²) in [5.41, 5.74) is 17.9. The molecule has 2 amide bonds. The lowest BCUT2D eigenvalue weighted by Gasteiger charge is -2.34. The van der Waals surface area contributed by atoms with Gasteiger partial charge in [-0.15, -0.1) is 0 Å². The second kappa shape index (κ2) is 17.8. The molecule has 0 radical (unpaired) electrons. The summed E-state index contributed by atoms with van der Waals surface area (Å²) in [5.74, 6) is 0.813. The lowest BCUT2D eigenvalue weighted by atomic mass is 9.95. The number of benzene rings is 1. The molecule has 13 heteroatoms. The first kappa shape index (κ1) is 37.6. The van der Waals surface area contributed by atoms with Crippen molar-refractivity contribution in [1.82, 2.24) is 30.8 Å². The summed E-state index contributed by atoms with van der Waals surface area (Å²) < 4.78 is 13.3. The Labute approximate surface area is 267 Å². The molecule has 252 valence electrons. The molecule has 1 aliphatic rings. The third kappa shape index (κ3) is 14.9. The summed E-state index contributed by atoms with van der Waals surface area (Å²) >= 11 is 0. The number of aromatic nitrogens is 2. The lowest BCUT2D eigenvalue weighted by molar-refractivity contribution is 0.147. The summed E-state index contributed by atoms with van der Waals surface area (Å²) in [4.78, 5) is 37.4. The quantitative estimate of drug-likeness (QED) is 0.112. The van der Waals surface area contributed by atoms with Gasteiger partial charge in [0.2, 0.25) is 0 Å². The minimum absolute atomic E-state index is 0.0547. The van der Waals surface area contributed by atoms with Crippen LogP contribution >= 0.6 is 0 Å². The Balaban J connectivity index is 0.000000330. The molecule has 0 bridgehead atoms. The number of nitrogens with two attached hydrogens (primary N) is 3. The molecule has 0 aliphatic carbocycles. The van der Waals surface area contributed by atoms with E-state index in [4.69, 9.17) is 17.2 Å². The molecular weight excluding hydrogens is 575 g/mol. The fraction of sp³-hybridized carbons (Fsp3) is 0.625. The molecule has 10 N–H and O–H groups in total. The molecule has 0 spiro atoms. The summed E-state index contributed by atoms with van der Waals surface area (Å²) in [5, 5.41) is 9.16. The number of halogens is 1. The number of piperidine rings is 1. The molecule has 2 aromatic rings. The smallest absolute Gasteiger partial charge is 0.315 e. The van der Waals surface area contributed by atoms with Gasteiger partial charge in [0.15, 0.2) is 5.96 Å². The Kier molecular flexibility index (Phi) is 14.9. The van der Waals surface area contributed by atoms with Crippen LogP contribution in [-0.4, -0.2) is 83.9 Å². The van der Waals surface area contributed by atoms with E-state index in [0.717, 1.165) is 50.0 Å². The van der Waals surface area contributed by atoms with E-state index in [1.165, 1.54) is 0 Å². The van der Waals surface area contributed by atoms with Crippen molar-refractivity contribution in [3.63, 3.8) is 0 Å². The molecule has 1 fully saturated rings. The standard InChI is InChI=1S/C19H28N6O.C13H27FN4O/c1-19(2,3)17-24-12-15(16(26)25-17)14-7-5-13(6-8-14)11-22-9-4-10-23-18(20)21;1-13(2,3)17-12(19)16-11-5-4-6-18(9-11)8-10(14)7-15/h5-8,12,22H,4,9-11H2,1-3H3,(H4,20,21,23)(H,24,25,26);10-11H,4-9,15H2,1-3H3,(H2,16,17,19)/t;10?,11-/m.1/s1. The number of alkyl halides is 1. The number of rotatable bonds is 11. The first-order valence-corrected chi connectivity index (χ1v) is 15.7. The van der Waals surface area contributed by atoms with Crippen molar-refractivity contribution in [2.75, 3.05) is 39.3 Å². The van der Waals surface area contributed by atoms with Gasteiger partial charge in [0.1, 0.15) is 12.0 Å². The van der Waals surface area contributed by atoms with Crippen LogP contribution in [0.15, 0.2) is 40.2 Å². The largest absolute Gasteiger partial charge is 0.370 e. The predicted molar refractivity (Wildman–Crippen MR) is 181 cm³/mol. The SMILES string of the molecule is CC(C)(C)NC(=O)N[C@@H]1CCCN(CC(F)CN)C1.CC(C)(C)c1ncc(-c2ccc(CNCCCN=C(N)N)cc2)c(=O)[nH]1. The molecule has 1 aliphatic heterocycles. The van der Waals surface area contributed by atoms with Gasteiger partial charge in [0.05, 0.1) is 5.56 Å². The van der Waals surface area contributed by atoms with Crippen LogP contribution in [0.25, 0.3) is 11.1 Å². The molecule has 45 heavy (non-hydrogen) atoms. The highest BCUT2D eigenvalue weighted by molar-refractivity contribution is 5.75. The van der Waals surface area contributed by atoms with Gasteiger partial charge in [0.25, 0.3) is 5.56 Å². The number of carbonyl (C=O) groups is 1. The first-order valence-electron chi connectivity index (χ1n) is 15.7. The van der Waals surface area contributed by atoms with Crippen LogP contribution in [0.5, 0.6) is 0 Å². The van der Waals surface area contributed by atoms with E-state index < -0.39 is 6.17 Å². The Hall–Kier alpha value is -3.55. The average molecular weight is 631 g/mol. The van der Waals surface area contributed by atoms with E-state index in [2.05, 4.69) is 30.9 Å². The number of nitrogens with one attached hydrogen (secondary N) is 4. The number of hydrogen-bond donors (Lipinski definition) is 7. The van der Waals surface area contributed by atoms with E-state index in [-0.39, 0.29) is 41.1 Å². The second-order valence-electron chi connectivity index (χ2n) is 13.5. The van der Waals surface area contributed by atoms with Gasteiger partial charge in [0, 0.05) is 55.9 Å². The molecule has 2 atom stereocenters. The fourth-order valence-corrected chi connectivity index (χ4v) is 4.68. The van der Waals surface area contributed by atoms with Crippen molar-refractivity contribution in [2.45, 2.75) is 90.5 Å².